The van der Waals surface area contributed by atoms with Crippen molar-refractivity contribution in [2.75, 3.05) is 13.7 Å². The number of ether oxygens (including phenoxy) is 2. The highest BCUT2D eigenvalue weighted by molar-refractivity contribution is 6.30. The van der Waals surface area contributed by atoms with E-state index >= 15 is 0 Å². The van der Waals surface area contributed by atoms with Crippen molar-refractivity contribution in [3.05, 3.63) is 59.1 Å². The minimum atomic E-state index is -0.558. The van der Waals surface area contributed by atoms with Gasteiger partial charge >= 0.3 is 0 Å². The van der Waals surface area contributed by atoms with Crippen LogP contribution in [0.2, 0.25) is 5.02 Å². The lowest BCUT2D eigenvalue weighted by Crippen LogP contribution is -2.36. The molecular weight excluding hydrogens is 326 g/mol. The number of carbonyl (C=O) groups is 1. The van der Waals surface area contributed by atoms with Crippen molar-refractivity contribution in [2.45, 2.75) is 25.9 Å². The standard InChI is InChI=1S/C19H22ClNO3/c1-14(24-17-11-9-16(20)10-12-17)19(22)21-13-5-7-15-6-3-4-8-18(15)23-2/h3-4,6,8-12,14H,5,7,13H2,1-2H3,(H,21,22)/t14-/m0/s1. The number of hydrogen-bond acceptors (Lipinski definition) is 3. The largest absolute Gasteiger partial charge is 0.496 e. The lowest BCUT2D eigenvalue weighted by Gasteiger charge is -2.15. The summed E-state index contributed by atoms with van der Waals surface area (Å²) in [5.74, 6) is 1.37. The number of amides is 1. The van der Waals surface area contributed by atoms with Gasteiger partial charge in [-0.1, -0.05) is 29.8 Å². The maximum Gasteiger partial charge on any atom is 0.260 e. The Hall–Kier alpha value is -2.20. The molecule has 0 saturated heterocycles. The predicted molar refractivity (Wildman–Crippen MR) is 95.9 cm³/mol. The van der Waals surface area contributed by atoms with Crippen LogP contribution in [0.25, 0.3) is 0 Å². The van der Waals surface area contributed by atoms with Gasteiger partial charge in [0, 0.05) is 11.6 Å². The van der Waals surface area contributed by atoms with Gasteiger partial charge in [0.25, 0.3) is 5.91 Å². The molecule has 0 radical (unpaired) electrons. The van der Waals surface area contributed by atoms with E-state index in [9.17, 15) is 4.79 Å². The summed E-state index contributed by atoms with van der Waals surface area (Å²) in [6.07, 6.45) is 1.12. The van der Waals surface area contributed by atoms with E-state index in [0.717, 1.165) is 24.2 Å². The molecule has 0 aromatic heterocycles. The molecule has 1 atom stereocenters. The third-order valence-corrected chi connectivity index (χ3v) is 3.86. The Bertz CT molecular complexity index is 658. The van der Waals surface area contributed by atoms with Gasteiger partial charge in [-0.25, -0.2) is 0 Å². The van der Waals surface area contributed by atoms with Crippen LogP contribution in [0.15, 0.2) is 48.5 Å². The van der Waals surface area contributed by atoms with Crippen molar-refractivity contribution >= 4 is 17.5 Å². The molecule has 4 nitrogen and oxygen atoms in total. The first-order valence-electron chi connectivity index (χ1n) is 7.92. The fourth-order valence-electron chi connectivity index (χ4n) is 2.31. The van der Waals surface area contributed by atoms with Crippen molar-refractivity contribution in [1.82, 2.24) is 5.32 Å². The number of nitrogens with one attached hydrogen (secondary N) is 1. The van der Waals surface area contributed by atoms with Gasteiger partial charge in [0.15, 0.2) is 6.10 Å². The van der Waals surface area contributed by atoms with E-state index in [1.807, 2.05) is 24.3 Å². The van der Waals surface area contributed by atoms with Crippen LogP contribution >= 0.6 is 11.6 Å². The van der Waals surface area contributed by atoms with Crippen LogP contribution in [-0.4, -0.2) is 25.7 Å². The molecule has 0 aliphatic carbocycles. The second kappa shape index (κ2) is 9.18. The second-order valence-corrected chi connectivity index (χ2v) is 5.86. The van der Waals surface area contributed by atoms with Gasteiger partial charge in [-0.15, -0.1) is 0 Å². The summed E-state index contributed by atoms with van der Waals surface area (Å²) in [6, 6.07) is 14.9. The van der Waals surface area contributed by atoms with E-state index in [1.165, 1.54) is 0 Å². The first kappa shape index (κ1) is 18.1. The maximum absolute atomic E-state index is 12.1. The molecule has 0 aliphatic rings. The Balaban J connectivity index is 1.73. The molecule has 0 unspecified atom stereocenters. The third kappa shape index (κ3) is 5.46. The molecule has 1 N–H and O–H groups in total. The van der Waals surface area contributed by atoms with Crippen molar-refractivity contribution in [3.8, 4) is 11.5 Å². The summed E-state index contributed by atoms with van der Waals surface area (Å²) in [4.78, 5) is 12.1. The highest BCUT2D eigenvalue weighted by Crippen LogP contribution is 2.19. The number of para-hydroxylation sites is 1. The number of aryl methyl sites for hydroxylation is 1. The molecule has 128 valence electrons. The van der Waals surface area contributed by atoms with Gasteiger partial charge in [0.2, 0.25) is 0 Å². The first-order chi connectivity index (χ1) is 11.6. The molecule has 0 spiro atoms. The van der Waals surface area contributed by atoms with E-state index < -0.39 is 6.10 Å². The topological polar surface area (TPSA) is 47.6 Å². The molecule has 2 rings (SSSR count). The zero-order chi connectivity index (χ0) is 17.4. The van der Waals surface area contributed by atoms with E-state index in [0.29, 0.717) is 17.3 Å². The molecule has 1 amide bonds. The average molecular weight is 348 g/mol. The van der Waals surface area contributed by atoms with Crippen LogP contribution < -0.4 is 14.8 Å². The van der Waals surface area contributed by atoms with Gasteiger partial charge in [0.05, 0.1) is 7.11 Å². The maximum atomic E-state index is 12.1. The van der Waals surface area contributed by atoms with Gasteiger partial charge < -0.3 is 14.8 Å². The number of carbonyl (C=O) groups excluding carboxylic acids is 1. The lowest BCUT2D eigenvalue weighted by molar-refractivity contribution is -0.127. The third-order valence-electron chi connectivity index (χ3n) is 3.61. The first-order valence-corrected chi connectivity index (χ1v) is 8.30. The monoisotopic (exact) mass is 347 g/mol. The van der Waals surface area contributed by atoms with E-state index in [4.69, 9.17) is 21.1 Å². The number of methoxy groups -OCH3 is 1. The molecule has 0 fully saturated rings. The van der Waals surface area contributed by atoms with E-state index in [-0.39, 0.29) is 5.91 Å². The van der Waals surface area contributed by atoms with E-state index in [2.05, 4.69) is 5.32 Å². The summed E-state index contributed by atoms with van der Waals surface area (Å²) >= 11 is 5.82. The zero-order valence-electron chi connectivity index (χ0n) is 13.9. The van der Waals surface area contributed by atoms with Crippen molar-refractivity contribution in [3.63, 3.8) is 0 Å². The molecule has 0 saturated carbocycles. The van der Waals surface area contributed by atoms with Crippen molar-refractivity contribution in [1.29, 1.82) is 0 Å². The molecule has 5 heteroatoms. The summed E-state index contributed by atoms with van der Waals surface area (Å²) in [6.45, 7) is 2.31. The molecule has 0 bridgehead atoms. The number of hydrogen-bond donors (Lipinski definition) is 1. The SMILES string of the molecule is COc1ccccc1CCCNC(=O)[C@H](C)Oc1ccc(Cl)cc1. The quantitative estimate of drug-likeness (QED) is 0.737. The second-order valence-electron chi connectivity index (χ2n) is 5.42. The zero-order valence-corrected chi connectivity index (χ0v) is 14.7. The van der Waals surface area contributed by atoms with Crippen LogP contribution in [0.5, 0.6) is 11.5 Å². The number of rotatable bonds is 8. The Morgan fingerprint density at radius 2 is 1.88 bits per heavy atom. The highest BCUT2D eigenvalue weighted by Gasteiger charge is 2.14. The van der Waals surface area contributed by atoms with Gasteiger partial charge in [-0.2, -0.15) is 0 Å². The smallest absolute Gasteiger partial charge is 0.260 e. The molecule has 0 aliphatic heterocycles. The molecular formula is C19H22ClNO3. The Morgan fingerprint density at radius 3 is 2.58 bits per heavy atom. The number of halogens is 1. The molecule has 2 aromatic rings. The van der Waals surface area contributed by atoms with Crippen LogP contribution in [0.3, 0.4) is 0 Å². The van der Waals surface area contributed by atoms with Gasteiger partial charge in [0.1, 0.15) is 11.5 Å². The minimum absolute atomic E-state index is 0.134. The molecule has 24 heavy (non-hydrogen) atoms. The average Bonchev–Trinajstić information content (AvgIpc) is 2.60. The Labute approximate surface area is 147 Å². The normalized spacial score (nSPS) is 11.6. The van der Waals surface area contributed by atoms with Gasteiger partial charge in [-0.05, 0) is 55.7 Å². The lowest BCUT2D eigenvalue weighted by atomic mass is 10.1. The van der Waals surface area contributed by atoms with Crippen LogP contribution in [0.1, 0.15) is 18.9 Å². The van der Waals surface area contributed by atoms with E-state index in [1.54, 1.807) is 38.3 Å². The number of benzene rings is 2. The molecule has 2 aromatic carbocycles. The predicted octanol–water partition coefficient (Wildman–Crippen LogP) is 3.86. The van der Waals surface area contributed by atoms with Gasteiger partial charge in [-0.3, -0.25) is 4.79 Å². The molecule has 0 heterocycles. The minimum Gasteiger partial charge on any atom is -0.496 e. The van der Waals surface area contributed by atoms with Crippen LogP contribution in [-0.2, 0) is 11.2 Å². The fourth-order valence-corrected chi connectivity index (χ4v) is 2.44. The Kier molecular flexibility index (Phi) is 6.94. The summed E-state index contributed by atoms with van der Waals surface area (Å²) < 4.78 is 10.9. The Morgan fingerprint density at radius 1 is 1.17 bits per heavy atom. The van der Waals surface area contributed by atoms with Crippen molar-refractivity contribution in [2.24, 2.45) is 0 Å². The summed E-state index contributed by atoms with van der Waals surface area (Å²) in [5.41, 5.74) is 1.14. The summed E-state index contributed by atoms with van der Waals surface area (Å²) in [7, 11) is 1.66. The fraction of sp³-hybridized carbons (Fsp3) is 0.316. The summed E-state index contributed by atoms with van der Waals surface area (Å²) in [5, 5.41) is 3.53. The van der Waals surface area contributed by atoms with Crippen molar-refractivity contribution < 1.29 is 14.3 Å². The van der Waals surface area contributed by atoms with Crippen LogP contribution in [0.4, 0.5) is 0 Å². The highest BCUT2D eigenvalue weighted by atomic mass is 35.5. The van der Waals surface area contributed by atoms with Crippen LogP contribution in [0, 0.1) is 0 Å².